The Labute approximate surface area is 183 Å². The van der Waals surface area contributed by atoms with Gasteiger partial charge in [0.15, 0.2) is 0 Å². The molecule has 0 saturated heterocycles. The molecular formula is C27H28O4. The number of hydrogen-bond donors (Lipinski definition) is 0. The molecule has 0 aliphatic heterocycles. The average Bonchev–Trinajstić information content (AvgIpc) is 3.12. The van der Waals surface area contributed by atoms with Gasteiger partial charge in [-0.25, -0.2) is 9.59 Å². The zero-order valence-electron chi connectivity index (χ0n) is 18.9. The molecule has 0 spiro atoms. The van der Waals surface area contributed by atoms with Gasteiger partial charge in [0.1, 0.15) is 11.5 Å². The van der Waals surface area contributed by atoms with Crippen LogP contribution in [0.5, 0.6) is 11.5 Å². The Hall–Kier alpha value is -3.14. The first kappa shape index (κ1) is 21.1. The van der Waals surface area contributed by atoms with Crippen molar-refractivity contribution in [1.29, 1.82) is 0 Å². The third-order valence-corrected chi connectivity index (χ3v) is 6.83. The lowest BCUT2D eigenvalue weighted by Gasteiger charge is -2.25. The monoisotopic (exact) mass is 416 g/mol. The molecule has 31 heavy (non-hydrogen) atoms. The van der Waals surface area contributed by atoms with Crippen LogP contribution in [0.1, 0.15) is 36.1 Å². The first-order valence-corrected chi connectivity index (χ1v) is 10.6. The fourth-order valence-corrected chi connectivity index (χ4v) is 4.54. The second-order valence-electron chi connectivity index (χ2n) is 9.26. The molecule has 160 valence electrons. The minimum Gasteiger partial charge on any atom is -0.423 e. The van der Waals surface area contributed by atoms with Crippen LogP contribution in [0.2, 0.25) is 0 Å². The van der Waals surface area contributed by atoms with Crippen molar-refractivity contribution in [2.75, 3.05) is 0 Å². The molecule has 4 nitrogen and oxygen atoms in total. The molecule has 2 aromatic carbocycles. The SMILES string of the molecule is Cc1ccc(OC(=O)C2=C(C(=O)Oc3ccc(C)c(C)c3)C3C=CC2C3(C)C)cc1C. The minimum atomic E-state index is -0.486. The van der Waals surface area contributed by atoms with Crippen molar-refractivity contribution in [3.63, 3.8) is 0 Å². The molecule has 0 fully saturated rings. The topological polar surface area (TPSA) is 52.6 Å². The Kier molecular flexibility index (Phi) is 5.12. The quantitative estimate of drug-likeness (QED) is 0.371. The molecule has 2 aliphatic rings. The molecule has 2 atom stereocenters. The molecule has 2 unspecified atom stereocenters. The van der Waals surface area contributed by atoms with Gasteiger partial charge in [0, 0.05) is 11.8 Å². The first-order valence-electron chi connectivity index (χ1n) is 10.6. The molecule has 2 bridgehead atoms. The van der Waals surface area contributed by atoms with E-state index in [1.54, 1.807) is 12.1 Å². The van der Waals surface area contributed by atoms with E-state index in [0.717, 1.165) is 22.3 Å². The van der Waals surface area contributed by atoms with E-state index < -0.39 is 11.9 Å². The predicted octanol–water partition coefficient (Wildman–Crippen LogP) is 5.57. The van der Waals surface area contributed by atoms with E-state index in [9.17, 15) is 9.59 Å². The van der Waals surface area contributed by atoms with Gasteiger partial charge in [0.25, 0.3) is 0 Å². The van der Waals surface area contributed by atoms with Gasteiger partial charge in [-0.2, -0.15) is 0 Å². The minimum absolute atomic E-state index is 0.182. The second kappa shape index (κ2) is 7.52. The summed E-state index contributed by atoms with van der Waals surface area (Å²) in [4.78, 5) is 26.5. The Morgan fingerprint density at radius 1 is 0.677 bits per heavy atom. The summed E-state index contributed by atoms with van der Waals surface area (Å²) in [6.07, 6.45) is 4.02. The van der Waals surface area contributed by atoms with Crippen molar-refractivity contribution in [2.45, 2.75) is 41.5 Å². The Morgan fingerprint density at radius 2 is 1.06 bits per heavy atom. The van der Waals surface area contributed by atoms with Crippen molar-refractivity contribution < 1.29 is 19.1 Å². The van der Waals surface area contributed by atoms with E-state index in [4.69, 9.17) is 9.47 Å². The largest absolute Gasteiger partial charge is 0.423 e. The van der Waals surface area contributed by atoms with Crippen LogP contribution >= 0.6 is 0 Å². The van der Waals surface area contributed by atoms with Gasteiger partial charge in [-0.1, -0.05) is 38.1 Å². The molecule has 4 rings (SSSR count). The number of aryl methyl sites for hydroxylation is 4. The van der Waals surface area contributed by atoms with Gasteiger partial charge in [0.05, 0.1) is 11.1 Å². The highest BCUT2D eigenvalue weighted by atomic mass is 16.5. The molecule has 0 amide bonds. The number of fused-ring (bicyclic) bond motifs is 2. The fraction of sp³-hybridized carbons (Fsp3) is 0.333. The normalized spacial score (nSPS) is 20.8. The number of ether oxygens (including phenoxy) is 2. The van der Waals surface area contributed by atoms with Gasteiger partial charge in [-0.15, -0.1) is 0 Å². The fourth-order valence-electron chi connectivity index (χ4n) is 4.54. The van der Waals surface area contributed by atoms with Crippen LogP contribution in [-0.2, 0) is 9.59 Å². The maximum absolute atomic E-state index is 13.2. The highest BCUT2D eigenvalue weighted by molar-refractivity contribution is 6.05. The first-order chi connectivity index (χ1) is 14.6. The number of rotatable bonds is 4. The maximum Gasteiger partial charge on any atom is 0.340 e. The van der Waals surface area contributed by atoms with Crippen LogP contribution in [-0.4, -0.2) is 11.9 Å². The van der Waals surface area contributed by atoms with E-state index in [2.05, 4.69) is 13.8 Å². The average molecular weight is 417 g/mol. The summed E-state index contributed by atoms with van der Waals surface area (Å²) in [6.45, 7) is 12.1. The third-order valence-electron chi connectivity index (χ3n) is 6.83. The summed E-state index contributed by atoms with van der Waals surface area (Å²) in [5, 5.41) is 0. The van der Waals surface area contributed by atoms with E-state index in [1.807, 2.05) is 64.1 Å². The van der Waals surface area contributed by atoms with Crippen LogP contribution in [0.3, 0.4) is 0 Å². The zero-order chi connectivity index (χ0) is 22.5. The molecule has 2 aromatic rings. The molecule has 4 heteroatoms. The van der Waals surface area contributed by atoms with E-state index in [-0.39, 0.29) is 17.3 Å². The van der Waals surface area contributed by atoms with Crippen LogP contribution < -0.4 is 9.47 Å². The zero-order valence-corrected chi connectivity index (χ0v) is 18.9. The number of benzene rings is 2. The van der Waals surface area contributed by atoms with Crippen molar-refractivity contribution in [3.05, 3.63) is 82.0 Å². The second-order valence-corrected chi connectivity index (χ2v) is 9.26. The summed E-state index contributed by atoms with van der Waals surface area (Å²) < 4.78 is 11.4. The number of allylic oxidation sites excluding steroid dienone is 2. The van der Waals surface area contributed by atoms with Gasteiger partial charge >= 0.3 is 11.9 Å². The standard InChI is InChI=1S/C27H28O4/c1-15-7-9-19(13-17(15)3)30-25(28)23-21-11-12-22(27(21,5)6)24(23)26(29)31-20-10-8-16(2)18(4)14-20/h7-14,21-22H,1-6H3. The lowest BCUT2D eigenvalue weighted by Crippen LogP contribution is -2.24. The Morgan fingerprint density at radius 3 is 1.42 bits per heavy atom. The van der Waals surface area contributed by atoms with Crippen molar-refractivity contribution >= 4 is 11.9 Å². The lowest BCUT2D eigenvalue weighted by molar-refractivity contribution is -0.133. The van der Waals surface area contributed by atoms with Gasteiger partial charge < -0.3 is 9.47 Å². The van der Waals surface area contributed by atoms with Crippen molar-refractivity contribution in [1.82, 2.24) is 0 Å². The molecule has 0 saturated carbocycles. The van der Waals surface area contributed by atoms with Crippen LogP contribution in [0.25, 0.3) is 0 Å². The molecule has 0 heterocycles. The molecule has 0 N–H and O–H groups in total. The summed E-state index contributed by atoms with van der Waals surface area (Å²) in [7, 11) is 0. The predicted molar refractivity (Wildman–Crippen MR) is 120 cm³/mol. The number of hydrogen-bond acceptors (Lipinski definition) is 4. The Balaban J connectivity index is 1.67. The summed E-state index contributed by atoms with van der Waals surface area (Å²) in [6, 6.07) is 11.1. The number of carbonyl (C=O) groups is 2. The smallest absolute Gasteiger partial charge is 0.340 e. The van der Waals surface area contributed by atoms with Crippen molar-refractivity contribution in [2.24, 2.45) is 17.3 Å². The summed E-state index contributed by atoms with van der Waals surface area (Å²) in [5.41, 5.74) is 4.87. The summed E-state index contributed by atoms with van der Waals surface area (Å²) >= 11 is 0. The maximum atomic E-state index is 13.2. The van der Waals surface area contributed by atoms with E-state index in [0.29, 0.717) is 22.6 Å². The molecule has 2 aliphatic carbocycles. The van der Waals surface area contributed by atoms with Crippen LogP contribution in [0, 0.1) is 44.9 Å². The molecule has 0 aromatic heterocycles. The molecular weight excluding hydrogens is 388 g/mol. The van der Waals surface area contributed by atoms with E-state index in [1.165, 1.54) is 0 Å². The summed E-state index contributed by atoms with van der Waals surface area (Å²) in [5.74, 6) is -0.378. The Bertz CT molecular complexity index is 1060. The van der Waals surface area contributed by atoms with Crippen LogP contribution in [0.15, 0.2) is 59.7 Å². The van der Waals surface area contributed by atoms with Gasteiger partial charge in [0.2, 0.25) is 0 Å². The van der Waals surface area contributed by atoms with Gasteiger partial charge in [-0.3, -0.25) is 0 Å². The van der Waals surface area contributed by atoms with Crippen LogP contribution in [0.4, 0.5) is 0 Å². The number of carbonyl (C=O) groups excluding carboxylic acids is 2. The molecule has 0 radical (unpaired) electrons. The highest BCUT2D eigenvalue weighted by Gasteiger charge is 2.55. The third kappa shape index (κ3) is 3.60. The lowest BCUT2D eigenvalue weighted by atomic mass is 9.77. The number of esters is 2. The van der Waals surface area contributed by atoms with Crippen molar-refractivity contribution in [3.8, 4) is 11.5 Å². The highest BCUT2D eigenvalue weighted by Crippen LogP contribution is 2.57. The van der Waals surface area contributed by atoms with Gasteiger partial charge in [-0.05, 0) is 79.6 Å². The van der Waals surface area contributed by atoms with E-state index >= 15 is 0 Å².